The Kier molecular flexibility index (Phi) is 7.44. The zero-order valence-corrected chi connectivity index (χ0v) is 18.2. The van der Waals surface area contributed by atoms with Gasteiger partial charge in [0.1, 0.15) is 12.2 Å². The van der Waals surface area contributed by atoms with E-state index >= 15 is 0 Å². The van der Waals surface area contributed by atoms with E-state index in [1.165, 1.54) is 19.1 Å². The van der Waals surface area contributed by atoms with E-state index in [1.54, 1.807) is 0 Å². The lowest BCUT2D eigenvalue weighted by Crippen LogP contribution is -2.43. The van der Waals surface area contributed by atoms with Crippen LogP contribution in [0.1, 0.15) is 43.5 Å². The minimum Gasteiger partial charge on any atom is -0.490 e. The first-order chi connectivity index (χ1) is 15.9. The highest BCUT2D eigenvalue weighted by atomic mass is 19.4. The molecule has 0 radical (unpaired) electrons. The van der Waals surface area contributed by atoms with Gasteiger partial charge in [-0.25, -0.2) is 4.39 Å². The van der Waals surface area contributed by atoms with Gasteiger partial charge < -0.3 is 25.0 Å². The van der Waals surface area contributed by atoms with Crippen molar-refractivity contribution in [2.75, 3.05) is 18.5 Å². The number of aliphatic hydroxyl groups is 2. The molecule has 0 saturated carbocycles. The van der Waals surface area contributed by atoms with Crippen molar-refractivity contribution in [3.63, 3.8) is 0 Å². The Morgan fingerprint density at radius 3 is 2.59 bits per heavy atom. The number of aliphatic hydroxyl groups excluding tert-OH is 2. The number of carbonyl (C=O) groups excluding carboxylic acids is 1. The molecular formula is C22H23F5N2O5. The molecule has 1 aliphatic rings. The number of alkyl halides is 3. The van der Waals surface area contributed by atoms with Crippen molar-refractivity contribution >= 4 is 11.6 Å². The third-order valence-electron chi connectivity index (χ3n) is 5.56. The van der Waals surface area contributed by atoms with E-state index in [2.05, 4.69) is 10.3 Å². The van der Waals surface area contributed by atoms with Crippen molar-refractivity contribution in [3.05, 3.63) is 53.4 Å². The molecule has 186 valence electrons. The number of hydrogen-bond donors (Lipinski definition) is 3. The molecule has 7 nitrogen and oxygen atoms in total. The standard InChI is InChI=1S/C22H23F5N2O5/c1-3-33-18-12(5-6-14(23)17(18)24)13-8-21(2,22(25,26)27)34-19(13)20(32)29-11-4-7-15(28-9-11)16(31)10-30/h4-7,9,13,16,19,30-31H,3,8,10H2,1-2H3,(H,29,32)/t13-,16-,19+,21+/m1/s1. The van der Waals surface area contributed by atoms with Crippen LogP contribution in [0.4, 0.5) is 27.6 Å². The molecule has 4 atom stereocenters. The number of benzene rings is 1. The maximum Gasteiger partial charge on any atom is 0.417 e. The first kappa shape index (κ1) is 25.8. The minimum atomic E-state index is -4.85. The summed E-state index contributed by atoms with van der Waals surface area (Å²) in [5.41, 5.74) is -2.67. The maximum absolute atomic E-state index is 14.4. The van der Waals surface area contributed by atoms with Crippen LogP contribution in [0, 0.1) is 11.6 Å². The quantitative estimate of drug-likeness (QED) is 0.513. The Labute approximate surface area is 191 Å². The molecule has 1 saturated heterocycles. The molecule has 34 heavy (non-hydrogen) atoms. The molecule has 12 heteroatoms. The molecular weight excluding hydrogens is 467 g/mol. The highest BCUT2D eigenvalue weighted by Crippen LogP contribution is 2.51. The highest BCUT2D eigenvalue weighted by molar-refractivity contribution is 5.95. The molecule has 1 aromatic carbocycles. The van der Waals surface area contributed by atoms with Crippen LogP contribution in [0.2, 0.25) is 0 Å². The van der Waals surface area contributed by atoms with Gasteiger partial charge in [0.15, 0.2) is 17.2 Å². The second-order valence-electron chi connectivity index (χ2n) is 7.95. The fourth-order valence-corrected chi connectivity index (χ4v) is 3.74. The molecule has 2 aromatic rings. The number of amides is 1. The molecule has 1 fully saturated rings. The van der Waals surface area contributed by atoms with Crippen molar-refractivity contribution in [2.45, 2.75) is 50.2 Å². The third-order valence-corrected chi connectivity index (χ3v) is 5.56. The number of carbonyl (C=O) groups is 1. The van der Waals surface area contributed by atoms with E-state index < -0.39 is 66.2 Å². The monoisotopic (exact) mass is 490 g/mol. The van der Waals surface area contributed by atoms with E-state index in [4.69, 9.17) is 14.6 Å². The lowest BCUT2D eigenvalue weighted by molar-refractivity contribution is -0.261. The van der Waals surface area contributed by atoms with Gasteiger partial charge in [-0.1, -0.05) is 6.07 Å². The van der Waals surface area contributed by atoms with Gasteiger partial charge in [0.25, 0.3) is 5.91 Å². The number of aromatic nitrogens is 1. The van der Waals surface area contributed by atoms with Gasteiger partial charge >= 0.3 is 6.18 Å². The normalized spacial score (nSPS) is 23.6. The molecule has 0 aliphatic carbocycles. The summed E-state index contributed by atoms with van der Waals surface area (Å²) in [6.45, 7) is 1.60. The topological polar surface area (TPSA) is 101 Å². The summed E-state index contributed by atoms with van der Waals surface area (Å²) in [4.78, 5) is 16.9. The van der Waals surface area contributed by atoms with E-state index in [0.717, 1.165) is 25.3 Å². The van der Waals surface area contributed by atoms with Gasteiger partial charge in [-0.15, -0.1) is 0 Å². The molecule has 1 aromatic heterocycles. The number of rotatable bonds is 7. The second-order valence-corrected chi connectivity index (χ2v) is 7.95. The largest absolute Gasteiger partial charge is 0.490 e. The Bertz CT molecular complexity index is 1030. The lowest BCUT2D eigenvalue weighted by Gasteiger charge is -2.27. The number of halogens is 5. The minimum absolute atomic E-state index is 0.0807. The molecule has 3 N–H and O–H groups in total. The first-order valence-electron chi connectivity index (χ1n) is 10.3. The summed E-state index contributed by atoms with van der Waals surface area (Å²) >= 11 is 0. The van der Waals surface area contributed by atoms with E-state index in [-0.39, 0.29) is 23.6 Å². The van der Waals surface area contributed by atoms with Gasteiger partial charge in [-0.2, -0.15) is 17.6 Å². The molecule has 0 unspecified atom stereocenters. The number of nitrogens with one attached hydrogen (secondary N) is 1. The summed E-state index contributed by atoms with van der Waals surface area (Å²) in [5, 5.41) is 20.9. The van der Waals surface area contributed by atoms with Gasteiger partial charge in [0, 0.05) is 11.5 Å². The van der Waals surface area contributed by atoms with Gasteiger partial charge in [-0.3, -0.25) is 9.78 Å². The predicted octanol–water partition coefficient (Wildman–Crippen LogP) is 3.62. The van der Waals surface area contributed by atoms with Crippen LogP contribution < -0.4 is 10.1 Å². The summed E-state index contributed by atoms with van der Waals surface area (Å²) in [7, 11) is 0. The van der Waals surface area contributed by atoms with Gasteiger partial charge in [0.05, 0.1) is 30.8 Å². The van der Waals surface area contributed by atoms with Crippen LogP contribution in [0.15, 0.2) is 30.5 Å². The molecule has 2 heterocycles. The van der Waals surface area contributed by atoms with E-state index in [0.29, 0.717) is 0 Å². The fourth-order valence-electron chi connectivity index (χ4n) is 3.74. The van der Waals surface area contributed by atoms with Crippen LogP contribution in [0.3, 0.4) is 0 Å². The average molecular weight is 490 g/mol. The highest BCUT2D eigenvalue weighted by Gasteiger charge is 2.61. The van der Waals surface area contributed by atoms with Crippen molar-refractivity contribution in [1.29, 1.82) is 0 Å². The average Bonchev–Trinajstić information content (AvgIpc) is 3.16. The molecule has 0 spiro atoms. The summed E-state index contributed by atoms with van der Waals surface area (Å²) in [6, 6.07) is 4.47. The van der Waals surface area contributed by atoms with Crippen LogP contribution in [-0.4, -0.2) is 52.2 Å². The second kappa shape index (κ2) is 9.80. The zero-order valence-electron chi connectivity index (χ0n) is 18.2. The van der Waals surface area contributed by atoms with Crippen LogP contribution in [-0.2, 0) is 9.53 Å². The van der Waals surface area contributed by atoms with E-state index in [1.807, 2.05) is 0 Å². The first-order valence-corrected chi connectivity index (χ1v) is 10.3. The lowest BCUT2D eigenvalue weighted by atomic mass is 9.85. The van der Waals surface area contributed by atoms with Crippen LogP contribution in [0.25, 0.3) is 0 Å². The van der Waals surface area contributed by atoms with Gasteiger partial charge in [0.2, 0.25) is 5.82 Å². The van der Waals surface area contributed by atoms with Crippen molar-refractivity contribution < 1.29 is 46.4 Å². The summed E-state index contributed by atoms with van der Waals surface area (Å²) in [6.07, 6.45) is -7.42. The number of anilines is 1. The fraction of sp³-hybridized carbons (Fsp3) is 0.455. The maximum atomic E-state index is 14.4. The van der Waals surface area contributed by atoms with E-state index in [9.17, 15) is 31.9 Å². The number of pyridine rings is 1. The molecule has 1 aliphatic heterocycles. The molecule has 3 rings (SSSR count). The van der Waals surface area contributed by atoms with Crippen molar-refractivity contribution in [3.8, 4) is 5.75 Å². The Balaban J connectivity index is 1.96. The smallest absolute Gasteiger partial charge is 0.417 e. The van der Waals surface area contributed by atoms with Crippen molar-refractivity contribution in [1.82, 2.24) is 4.98 Å². The number of hydrogen-bond acceptors (Lipinski definition) is 6. The Morgan fingerprint density at radius 1 is 1.32 bits per heavy atom. The van der Waals surface area contributed by atoms with Gasteiger partial charge in [-0.05, 0) is 38.5 Å². The van der Waals surface area contributed by atoms with Crippen LogP contribution in [0.5, 0.6) is 5.75 Å². The SMILES string of the molecule is CCOc1c([C@H]2C[C@@](C)(C(F)(F)F)O[C@@H]2C(=O)Nc2ccc([C@H](O)CO)nc2)ccc(F)c1F. The summed E-state index contributed by atoms with van der Waals surface area (Å²) < 4.78 is 79.9. The van der Waals surface area contributed by atoms with Crippen molar-refractivity contribution in [2.24, 2.45) is 0 Å². The Morgan fingerprint density at radius 2 is 2.03 bits per heavy atom. The number of nitrogens with zero attached hydrogens (tertiary/aromatic N) is 1. The van der Waals surface area contributed by atoms with Crippen LogP contribution >= 0.6 is 0 Å². The molecule has 1 amide bonds. The molecule has 0 bridgehead atoms. The zero-order chi connectivity index (χ0) is 25.3. The number of ether oxygens (including phenoxy) is 2. The Hall–Kier alpha value is -2.83. The third kappa shape index (κ3) is 4.98. The predicted molar refractivity (Wildman–Crippen MR) is 109 cm³/mol. The summed E-state index contributed by atoms with van der Waals surface area (Å²) in [5.74, 6) is -5.48.